The number of nitrogens with one attached hydrogen (secondary N) is 1. The second kappa shape index (κ2) is 4.24. The van der Waals surface area contributed by atoms with E-state index in [1.165, 1.54) is 6.42 Å². The third kappa shape index (κ3) is 2.12. The Morgan fingerprint density at radius 3 is 2.57 bits per heavy atom. The average molecular weight is 190 g/mol. The van der Waals surface area contributed by atoms with Gasteiger partial charge in [-0.1, -0.05) is 18.2 Å². The quantitative estimate of drug-likeness (QED) is 0.773. The van der Waals surface area contributed by atoms with E-state index < -0.39 is 0 Å². The molecule has 0 bridgehead atoms. The molecule has 14 heavy (non-hydrogen) atoms. The molecule has 1 N–H and O–H groups in total. The molecular weight excluding hydrogens is 176 g/mol. The van der Waals surface area contributed by atoms with Crippen LogP contribution in [0.25, 0.3) is 0 Å². The van der Waals surface area contributed by atoms with Crippen LogP contribution in [0.5, 0.6) is 0 Å². The Balaban J connectivity index is 1.83. The number of hydrogen-bond acceptors (Lipinski definition) is 2. The monoisotopic (exact) mass is 190 g/mol. The number of carbonyl (C=O) groups excluding carboxylic acids is 1. The van der Waals surface area contributed by atoms with E-state index in [0.29, 0.717) is 6.67 Å². The molecule has 0 spiro atoms. The van der Waals surface area contributed by atoms with Crippen molar-refractivity contribution in [2.45, 2.75) is 6.42 Å². The molecule has 1 saturated heterocycles. The predicted molar refractivity (Wildman–Crippen MR) is 55.0 cm³/mol. The fraction of sp³-hybridized carbons (Fsp3) is 0.364. The van der Waals surface area contributed by atoms with Gasteiger partial charge in [0.2, 0.25) is 0 Å². The van der Waals surface area contributed by atoms with Gasteiger partial charge in [0.25, 0.3) is 5.91 Å². The number of rotatable bonds is 3. The van der Waals surface area contributed by atoms with Gasteiger partial charge in [-0.3, -0.25) is 9.69 Å². The first-order valence-electron chi connectivity index (χ1n) is 4.92. The molecule has 1 amide bonds. The van der Waals surface area contributed by atoms with Crippen molar-refractivity contribution in [3.63, 3.8) is 0 Å². The van der Waals surface area contributed by atoms with Gasteiger partial charge in [0, 0.05) is 18.7 Å². The lowest BCUT2D eigenvalue weighted by molar-refractivity contribution is 0.0889. The van der Waals surface area contributed by atoms with Crippen LogP contribution >= 0.6 is 0 Å². The van der Waals surface area contributed by atoms with Gasteiger partial charge < -0.3 is 5.32 Å². The van der Waals surface area contributed by atoms with E-state index in [9.17, 15) is 4.79 Å². The summed E-state index contributed by atoms with van der Waals surface area (Å²) in [5.74, 6) is 0.0116. The molecule has 0 aliphatic carbocycles. The van der Waals surface area contributed by atoms with E-state index in [2.05, 4.69) is 10.2 Å². The molecule has 1 aromatic carbocycles. The van der Waals surface area contributed by atoms with Crippen molar-refractivity contribution in [2.24, 2.45) is 0 Å². The Bertz CT molecular complexity index is 306. The standard InChI is InChI=1S/C11H14N2O/c14-11(10-5-2-1-3-6-10)12-9-13-7-4-8-13/h1-3,5-6H,4,7-9H2,(H,12,14). The van der Waals surface area contributed by atoms with Crippen molar-refractivity contribution in [3.05, 3.63) is 35.9 Å². The summed E-state index contributed by atoms with van der Waals surface area (Å²) in [5, 5.41) is 2.89. The highest BCUT2D eigenvalue weighted by atomic mass is 16.1. The molecule has 1 fully saturated rings. The first kappa shape index (κ1) is 9.21. The van der Waals surface area contributed by atoms with Gasteiger partial charge in [-0.25, -0.2) is 0 Å². The van der Waals surface area contributed by atoms with E-state index in [0.717, 1.165) is 18.7 Å². The van der Waals surface area contributed by atoms with Crippen LogP contribution in [-0.2, 0) is 0 Å². The molecule has 2 rings (SSSR count). The van der Waals surface area contributed by atoms with Crippen LogP contribution in [0.4, 0.5) is 0 Å². The third-order valence-corrected chi connectivity index (χ3v) is 2.45. The van der Waals surface area contributed by atoms with Gasteiger partial charge in [0.1, 0.15) is 0 Å². The summed E-state index contributed by atoms with van der Waals surface area (Å²) in [7, 11) is 0. The zero-order valence-electron chi connectivity index (χ0n) is 8.07. The van der Waals surface area contributed by atoms with E-state index >= 15 is 0 Å². The van der Waals surface area contributed by atoms with Crippen molar-refractivity contribution in [1.29, 1.82) is 0 Å². The van der Waals surface area contributed by atoms with Gasteiger partial charge in [0.15, 0.2) is 0 Å². The first-order valence-corrected chi connectivity index (χ1v) is 4.92. The van der Waals surface area contributed by atoms with Gasteiger partial charge >= 0.3 is 0 Å². The highest BCUT2D eigenvalue weighted by Gasteiger charge is 2.14. The van der Waals surface area contributed by atoms with Crippen LogP contribution in [0.2, 0.25) is 0 Å². The Kier molecular flexibility index (Phi) is 2.79. The molecule has 3 nitrogen and oxygen atoms in total. The predicted octanol–water partition coefficient (Wildman–Crippen LogP) is 1.08. The third-order valence-electron chi connectivity index (χ3n) is 2.45. The molecule has 0 radical (unpaired) electrons. The molecule has 0 aromatic heterocycles. The second-order valence-corrected chi connectivity index (χ2v) is 3.50. The van der Waals surface area contributed by atoms with Crippen LogP contribution < -0.4 is 5.32 Å². The maximum absolute atomic E-state index is 11.6. The topological polar surface area (TPSA) is 32.3 Å². The minimum atomic E-state index is 0.0116. The van der Waals surface area contributed by atoms with Gasteiger partial charge in [0.05, 0.1) is 6.67 Å². The van der Waals surface area contributed by atoms with Crippen LogP contribution in [0.15, 0.2) is 30.3 Å². The van der Waals surface area contributed by atoms with E-state index in [1.54, 1.807) is 0 Å². The first-order chi connectivity index (χ1) is 6.86. The lowest BCUT2D eigenvalue weighted by atomic mass is 10.2. The van der Waals surface area contributed by atoms with E-state index in [-0.39, 0.29) is 5.91 Å². The number of nitrogens with zero attached hydrogens (tertiary/aromatic N) is 1. The number of carbonyl (C=O) groups is 1. The average Bonchev–Trinajstić information content (AvgIpc) is 2.16. The van der Waals surface area contributed by atoms with Crippen LogP contribution in [0.3, 0.4) is 0 Å². The molecule has 1 aliphatic rings. The minimum absolute atomic E-state index is 0.0116. The lowest BCUT2D eigenvalue weighted by Gasteiger charge is -2.30. The molecule has 1 aromatic rings. The Morgan fingerprint density at radius 1 is 1.29 bits per heavy atom. The zero-order valence-corrected chi connectivity index (χ0v) is 8.07. The van der Waals surface area contributed by atoms with Gasteiger partial charge in [-0.05, 0) is 18.6 Å². The van der Waals surface area contributed by atoms with Crippen LogP contribution in [0.1, 0.15) is 16.8 Å². The zero-order chi connectivity index (χ0) is 9.80. The summed E-state index contributed by atoms with van der Waals surface area (Å²) >= 11 is 0. The van der Waals surface area contributed by atoms with Crippen molar-refractivity contribution in [1.82, 2.24) is 10.2 Å². The highest BCUT2D eigenvalue weighted by molar-refractivity contribution is 5.94. The normalized spacial score (nSPS) is 16.0. The molecule has 1 heterocycles. The van der Waals surface area contributed by atoms with Crippen molar-refractivity contribution in [3.8, 4) is 0 Å². The maximum atomic E-state index is 11.6. The highest BCUT2D eigenvalue weighted by Crippen LogP contribution is 2.03. The smallest absolute Gasteiger partial charge is 0.252 e. The molecule has 74 valence electrons. The molecule has 3 heteroatoms. The van der Waals surface area contributed by atoms with Gasteiger partial charge in [-0.15, -0.1) is 0 Å². The minimum Gasteiger partial charge on any atom is -0.339 e. The van der Waals surface area contributed by atoms with Crippen LogP contribution in [0, 0.1) is 0 Å². The van der Waals surface area contributed by atoms with Crippen molar-refractivity contribution < 1.29 is 4.79 Å². The van der Waals surface area contributed by atoms with Gasteiger partial charge in [-0.2, -0.15) is 0 Å². The second-order valence-electron chi connectivity index (χ2n) is 3.50. The number of hydrogen-bond donors (Lipinski definition) is 1. The van der Waals surface area contributed by atoms with Crippen LogP contribution in [-0.4, -0.2) is 30.6 Å². The summed E-state index contributed by atoms with van der Waals surface area (Å²) in [6, 6.07) is 9.31. The Morgan fingerprint density at radius 2 is 2.00 bits per heavy atom. The maximum Gasteiger partial charge on any atom is 0.252 e. The lowest BCUT2D eigenvalue weighted by Crippen LogP contribution is -2.45. The summed E-state index contributed by atoms with van der Waals surface area (Å²) in [6.07, 6.45) is 1.25. The fourth-order valence-electron chi connectivity index (χ4n) is 1.42. The Labute approximate surface area is 83.7 Å². The largest absolute Gasteiger partial charge is 0.339 e. The number of benzene rings is 1. The molecule has 0 unspecified atom stereocenters. The Hall–Kier alpha value is -1.35. The fourth-order valence-corrected chi connectivity index (χ4v) is 1.42. The summed E-state index contributed by atoms with van der Waals surface area (Å²) < 4.78 is 0. The molecule has 0 atom stereocenters. The SMILES string of the molecule is O=C(NCN1CCC1)c1ccccc1. The summed E-state index contributed by atoms with van der Waals surface area (Å²) in [5.41, 5.74) is 0.730. The molecular formula is C11H14N2O. The van der Waals surface area contributed by atoms with Crippen molar-refractivity contribution in [2.75, 3.05) is 19.8 Å². The number of amides is 1. The summed E-state index contributed by atoms with van der Waals surface area (Å²) in [4.78, 5) is 13.8. The van der Waals surface area contributed by atoms with Crippen molar-refractivity contribution >= 4 is 5.91 Å². The van der Waals surface area contributed by atoms with E-state index in [1.807, 2.05) is 30.3 Å². The van der Waals surface area contributed by atoms with E-state index in [4.69, 9.17) is 0 Å². The summed E-state index contributed by atoms with van der Waals surface area (Å²) in [6.45, 7) is 2.89. The molecule has 0 saturated carbocycles. The number of likely N-dealkylation sites (tertiary alicyclic amines) is 1. The molecule has 1 aliphatic heterocycles.